The number of halogens is 2. The van der Waals surface area contributed by atoms with E-state index in [4.69, 9.17) is 0 Å². The van der Waals surface area contributed by atoms with Gasteiger partial charge in [-0.2, -0.15) is 4.31 Å². The van der Waals surface area contributed by atoms with Gasteiger partial charge in [0.1, 0.15) is 16.5 Å². The summed E-state index contributed by atoms with van der Waals surface area (Å²) in [5.74, 6) is -2.11. The Morgan fingerprint density at radius 2 is 2.07 bits per heavy atom. The molecule has 0 unspecified atom stereocenters. The van der Waals surface area contributed by atoms with Gasteiger partial charge in [-0.15, -0.1) is 22.7 Å². The molecule has 0 fully saturated rings. The Morgan fingerprint density at radius 1 is 1.25 bits per heavy atom. The highest BCUT2D eigenvalue weighted by molar-refractivity contribution is 7.89. The third kappa shape index (κ3) is 3.58. The minimum absolute atomic E-state index is 0.0137. The normalized spacial score (nSPS) is 14.6. The quantitative estimate of drug-likeness (QED) is 0.672. The molecule has 6 nitrogen and oxygen atoms in total. The van der Waals surface area contributed by atoms with E-state index in [1.54, 1.807) is 17.5 Å². The molecular weight excluding hydrogens is 428 g/mol. The molecule has 0 bridgehead atoms. The molecule has 3 heterocycles. The van der Waals surface area contributed by atoms with Crippen LogP contribution < -0.4 is 5.32 Å². The highest BCUT2D eigenvalue weighted by Crippen LogP contribution is 2.32. The molecule has 1 aliphatic heterocycles. The van der Waals surface area contributed by atoms with Crippen LogP contribution in [0.15, 0.2) is 40.6 Å². The van der Waals surface area contributed by atoms with Crippen molar-refractivity contribution in [1.82, 2.24) is 9.29 Å². The summed E-state index contributed by atoms with van der Waals surface area (Å²) >= 11 is 2.47. The highest BCUT2D eigenvalue weighted by Gasteiger charge is 2.32. The van der Waals surface area contributed by atoms with Crippen molar-refractivity contribution < 1.29 is 22.0 Å². The van der Waals surface area contributed by atoms with Gasteiger partial charge in [-0.1, -0.05) is 6.07 Å². The van der Waals surface area contributed by atoms with Gasteiger partial charge in [0, 0.05) is 17.8 Å². The molecular formula is C17H13F2N3O3S3. The second-order valence-corrected chi connectivity index (χ2v) is 9.92. The summed E-state index contributed by atoms with van der Waals surface area (Å²) in [5, 5.41) is 4.87. The van der Waals surface area contributed by atoms with Crippen molar-refractivity contribution in [2.75, 3.05) is 11.9 Å². The van der Waals surface area contributed by atoms with E-state index in [9.17, 15) is 22.0 Å². The van der Waals surface area contributed by atoms with Crippen LogP contribution in [0.1, 0.15) is 20.2 Å². The summed E-state index contributed by atoms with van der Waals surface area (Å²) < 4.78 is 54.0. The lowest BCUT2D eigenvalue weighted by molar-refractivity contribution is 0.103. The van der Waals surface area contributed by atoms with Crippen molar-refractivity contribution in [3.63, 3.8) is 0 Å². The van der Waals surface area contributed by atoms with Gasteiger partial charge in [-0.25, -0.2) is 22.2 Å². The van der Waals surface area contributed by atoms with Crippen molar-refractivity contribution >= 4 is 43.7 Å². The molecule has 0 aliphatic carbocycles. The number of carbonyl (C=O) groups is 1. The molecule has 3 aromatic rings. The van der Waals surface area contributed by atoms with Crippen LogP contribution in [0.5, 0.6) is 0 Å². The number of hydrogen-bond acceptors (Lipinski definition) is 6. The van der Waals surface area contributed by atoms with Crippen LogP contribution in [0.3, 0.4) is 0 Å². The van der Waals surface area contributed by atoms with E-state index in [2.05, 4.69) is 10.3 Å². The number of fused-ring (bicyclic) bond motifs is 1. The predicted octanol–water partition coefficient (Wildman–Crippen LogP) is 3.48. The first kappa shape index (κ1) is 19.1. The van der Waals surface area contributed by atoms with Gasteiger partial charge in [0.15, 0.2) is 5.13 Å². The van der Waals surface area contributed by atoms with E-state index in [0.717, 1.165) is 16.4 Å². The summed E-state index contributed by atoms with van der Waals surface area (Å²) in [5.41, 5.74) is 0.692. The van der Waals surface area contributed by atoms with Gasteiger partial charge in [0.25, 0.3) is 5.91 Å². The molecule has 11 heteroatoms. The number of thiazole rings is 1. The predicted molar refractivity (Wildman–Crippen MR) is 102 cm³/mol. The van der Waals surface area contributed by atoms with E-state index in [0.29, 0.717) is 33.1 Å². The summed E-state index contributed by atoms with van der Waals surface area (Å²) in [6.45, 7) is 0.0769. The average Bonchev–Trinajstić information content (AvgIpc) is 3.32. The van der Waals surface area contributed by atoms with Gasteiger partial charge in [0.05, 0.1) is 17.1 Å². The largest absolute Gasteiger partial charge is 0.297 e. The first-order chi connectivity index (χ1) is 13.3. The van der Waals surface area contributed by atoms with E-state index in [1.807, 2.05) is 0 Å². The number of nitrogens with zero attached hydrogens (tertiary/aromatic N) is 2. The van der Waals surface area contributed by atoms with Gasteiger partial charge >= 0.3 is 0 Å². The van der Waals surface area contributed by atoms with E-state index in [-0.39, 0.29) is 19.0 Å². The topological polar surface area (TPSA) is 79.4 Å². The molecule has 2 aromatic heterocycles. The second-order valence-electron chi connectivity index (χ2n) is 5.98. The zero-order valence-corrected chi connectivity index (χ0v) is 16.6. The summed E-state index contributed by atoms with van der Waals surface area (Å²) in [6.07, 6.45) is 0.316. The standard InChI is InChI=1S/C17H13F2N3O3S3/c18-10-3-4-11(19)15(8-10)28(24,25)22-6-5-12-14(9-22)27-17(20-12)21-16(23)13-2-1-7-26-13/h1-4,7-8H,5-6,9H2,(H,20,21,23). The molecule has 0 atom stereocenters. The van der Waals surface area contributed by atoms with E-state index >= 15 is 0 Å². The van der Waals surface area contributed by atoms with Gasteiger partial charge < -0.3 is 0 Å². The lowest BCUT2D eigenvalue weighted by Gasteiger charge is -2.25. The van der Waals surface area contributed by atoms with Gasteiger partial charge in [-0.3, -0.25) is 10.1 Å². The number of rotatable bonds is 4. The highest BCUT2D eigenvalue weighted by atomic mass is 32.2. The average molecular weight is 442 g/mol. The lowest BCUT2D eigenvalue weighted by Crippen LogP contribution is -2.36. The van der Waals surface area contributed by atoms with Crippen LogP contribution in [0, 0.1) is 11.6 Å². The number of benzene rings is 1. The molecule has 1 N–H and O–H groups in total. The molecule has 0 radical (unpaired) electrons. The van der Waals surface area contributed by atoms with Crippen molar-refractivity contribution in [2.45, 2.75) is 17.9 Å². The van der Waals surface area contributed by atoms with Crippen LogP contribution in [0.25, 0.3) is 0 Å². The Balaban J connectivity index is 1.56. The zero-order chi connectivity index (χ0) is 19.9. The van der Waals surface area contributed by atoms with Gasteiger partial charge in [-0.05, 0) is 29.6 Å². The van der Waals surface area contributed by atoms with Crippen molar-refractivity contribution in [3.8, 4) is 0 Å². The van der Waals surface area contributed by atoms with Crippen LogP contribution in [0.2, 0.25) is 0 Å². The summed E-state index contributed by atoms with van der Waals surface area (Å²) in [4.78, 5) is 17.0. The summed E-state index contributed by atoms with van der Waals surface area (Å²) in [6, 6.07) is 5.80. The van der Waals surface area contributed by atoms with Crippen LogP contribution in [-0.2, 0) is 23.0 Å². The maximum absolute atomic E-state index is 14.0. The van der Waals surface area contributed by atoms with Crippen LogP contribution in [0.4, 0.5) is 13.9 Å². The monoisotopic (exact) mass is 441 g/mol. The molecule has 146 valence electrons. The maximum atomic E-state index is 14.0. The maximum Gasteiger partial charge on any atom is 0.267 e. The zero-order valence-electron chi connectivity index (χ0n) is 14.2. The second kappa shape index (κ2) is 7.32. The Hall–Kier alpha value is -2.21. The molecule has 1 aromatic carbocycles. The fraction of sp³-hybridized carbons (Fsp3) is 0.176. The first-order valence-electron chi connectivity index (χ1n) is 8.13. The minimum atomic E-state index is -4.20. The molecule has 4 rings (SSSR count). The number of thiophene rings is 1. The SMILES string of the molecule is O=C(Nc1nc2c(s1)CN(S(=O)(=O)c1cc(F)ccc1F)CC2)c1cccs1. The van der Waals surface area contributed by atoms with E-state index < -0.39 is 26.6 Å². The number of aromatic nitrogens is 1. The minimum Gasteiger partial charge on any atom is -0.297 e. The molecule has 28 heavy (non-hydrogen) atoms. The van der Waals surface area contributed by atoms with Crippen molar-refractivity contribution in [3.05, 3.63) is 62.8 Å². The third-order valence-corrected chi connectivity index (χ3v) is 7.90. The molecule has 0 spiro atoms. The fourth-order valence-corrected chi connectivity index (χ4v) is 6.02. The number of nitrogens with one attached hydrogen (secondary N) is 1. The van der Waals surface area contributed by atoms with E-state index in [1.165, 1.54) is 22.7 Å². The summed E-state index contributed by atoms with van der Waals surface area (Å²) in [7, 11) is -4.20. The smallest absolute Gasteiger partial charge is 0.267 e. The van der Waals surface area contributed by atoms with Crippen LogP contribution in [-0.4, -0.2) is 30.2 Å². The Bertz CT molecular complexity index is 1140. The number of amides is 1. The number of hydrogen-bond donors (Lipinski definition) is 1. The Kier molecular flexibility index (Phi) is 5.00. The van der Waals surface area contributed by atoms with Crippen LogP contribution >= 0.6 is 22.7 Å². The Labute approximate surface area is 167 Å². The molecule has 0 saturated carbocycles. The number of carbonyl (C=O) groups excluding carboxylic acids is 1. The first-order valence-corrected chi connectivity index (χ1v) is 11.3. The molecule has 0 saturated heterocycles. The van der Waals surface area contributed by atoms with Gasteiger partial charge in [0.2, 0.25) is 10.0 Å². The number of anilines is 1. The Morgan fingerprint density at radius 3 is 2.82 bits per heavy atom. The number of sulfonamides is 1. The molecule has 1 aliphatic rings. The molecule has 1 amide bonds. The fourth-order valence-electron chi connectivity index (χ4n) is 2.81. The third-order valence-electron chi connectivity index (χ3n) is 4.17. The van der Waals surface area contributed by atoms with Crippen molar-refractivity contribution in [2.24, 2.45) is 0 Å². The van der Waals surface area contributed by atoms with Crippen molar-refractivity contribution in [1.29, 1.82) is 0 Å². The lowest BCUT2D eigenvalue weighted by atomic mass is 10.2.